The summed E-state index contributed by atoms with van der Waals surface area (Å²) in [5, 5.41) is 4.43. The van der Waals surface area contributed by atoms with Crippen LogP contribution < -0.4 is 4.90 Å². The van der Waals surface area contributed by atoms with Gasteiger partial charge in [-0.3, -0.25) is 9.47 Å². The molecule has 25 heavy (non-hydrogen) atoms. The predicted octanol–water partition coefficient (Wildman–Crippen LogP) is 2.15. The van der Waals surface area contributed by atoms with E-state index in [0.717, 1.165) is 49.3 Å². The van der Waals surface area contributed by atoms with Gasteiger partial charge in [0.15, 0.2) is 5.65 Å². The Morgan fingerprint density at radius 2 is 1.96 bits per heavy atom. The number of piperazine rings is 1. The Morgan fingerprint density at radius 1 is 1.12 bits per heavy atom. The molecule has 0 radical (unpaired) electrons. The molecule has 0 saturated carbocycles. The van der Waals surface area contributed by atoms with Crippen molar-refractivity contribution in [2.75, 3.05) is 37.6 Å². The first-order valence-electron chi connectivity index (χ1n) is 9.08. The summed E-state index contributed by atoms with van der Waals surface area (Å²) in [6, 6.07) is 4.08. The Balaban J connectivity index is 1.62. The second kappa shape index (κ2) is 6.84. The van der Waals surface area contributed by atoms with Crippen molar-refractivity contribution in [2.45, 2.75) is 26.7 Å². The molecule has 0 bridgehead atoms. The van der Waals surface area contributed by atoms with Crippen LogP contribution in [-0.2, 0) is 0 Å². The molecule has 1 aliphatic heterocycles. The summed E-state index contributed by atoms with van der Waals surface area (Å²) in [5.41, 5.74) is 0.869. The summed E-state index contributed by atoms with van der Waals surface area (Å²) >= 11 is 0. The molecule has 0 atom stereocenters. The van der Waals surface area contributed by atoms with Crippen molar-refractivity contribution >= 4 is 11.5 Å². The van der Waals surface area contributed by atoms with Crippen LogP contribution in [0.3, 0.4) is 0 Å². The first kappa shape index (κ1) is 16.1. The van der Waals surface area contributed by atoms with Crippen LogP contribution in [0.2, 0.25) is 0 Å². The molecular weight excluding hydrogens is 314 g/mol. The van der Waals surface area contributed by atoms with Crippen molar-refractivity contribution in [3.63, 3.8) is 0 Å². The molecule has 1 fully saturated rings. The number of fused-ring (bicyclic) bond motifs is 1. The van der Waals surface area contributed by atoms with Crippen molar-refractivity contribution in [1.82, 2.24) is 29.0 Å². The lowest BCUT2D eigenvalue weighted by Crippen LogP contribution is -2.47. The number of unbranched alkanes of at least 4 members (excludes halogenated alkanes) is 1. The van der Waals surface area contributed by atoms with Crippen LogP contribution >= 0.6 is 0 Å². The molecule has 132 valence electrons. The number of imidazole rings is 1. The van der Waals surface area contributed by atoms with Gasteiger partial charge in [-0.1, -0.05) is 13.3 Å². The molecule has 0 N–H and O–H groups in total. The van der Waals surface area contributed by atoms with E-state index in [2.05, 4.69) is 37.4 Å². The number of hydrogen-bond donors (Lipinski definition) is 0. The molecule has 0 amide bonds. The molecule has 0 spiro atoms. The van der Waals surface area contributed by atoms with Gasteiger partial charge in [0.1, 0.15) is 17.5 Å². The van der Waals surface area contributed by atoms with Gasteiger partial charge in [-0.2, -0.15) is 9.61 Å². The minimum Gasteiger partial charge on any atom is -0.354 e. The van der Waals surface area contributed by atoms with E-state index in [1.54, 1.807) is 6.20 Å². The monoisotopic (exact) mass is 339 g/mol. The van der Waals surface area contributed by atoms with E-state index in [4.69, 9.17) is 4.98 Å². The fourth-order valence-electron chi connectivity index (χ4n) is 3.42. The van der Waals surface area contributed by atoms with Crippen molar-refractivity contribution in [3.05, 3.63) is 36.5 Å². The van der Waals surface area contributed by atoms with Gasteiger partial charge >= 0.3 is 0 Å². The number of nitrogens with zero attached hydrogens (tertiary/aromatic N) is 7. The third-order valence-electron chi connectivity index (χ3n) is 4.92. The Kier molecular flexibility index (Phi) is 4.40. The van der Waals surface area contributed by atoms with Crippen LogP contribution in [0.25, 0.3) is 11.5 Å². The quantitative estimate of drug-likeness (QED) is 0.713. The summed E-state index contributed by atoms with van der Waals surface area (Å²) in [7, 11) is 0. The molecule has 1 aliphatic rings. The van der Waals surface area contributed by atoms with Crippen LogP contribution in [0.15, 0.2) is 30.7 Å². The molecular formula is C18H25N7. The topological polar surface area (TPSA) is 54.5 Å². The Hall–Kier alpha value is -2.41. The lowest BCUT2D eigenvalue weighted by atomic mass is 10.2. The first-order chi connectivity index (χ1) is 12.3. The number of rotatable bonds is 5. The normalized spacial score (nSPS) is 16.0. The van der Waals surface area contributed by atoms with E-state index in [1.807, 2.05) is 29.9 Å². The van der Waals surface area contributed by atoms with Crippen molar-refractivity contribution in [3.8, 4) is 5.82 Å². The smallest absolute Gasteiger partial charge is 0.159 e. The summed E-state index contributed by atoms with van der Waals surface area (Å²) < 4.78 is 3.93. The molecule has 7 nitrogen and oxygen atoms in total. The van der Waals surface area contributed by atoms with Gasteiger partial charge < -0.3 is 4.90 Å². The third-order valence-corrected chi connectivity index (χ3v) is 4.92. The highest BCUT2D eigenvalue weighted by molar-refractivity contribution is 5.54. The van der Waals surface area contributed by atoms with Crippen LogP contribution in [0.5, 0.6) is 0 Å². The number of aryl methyl sites for hydroxylation is 1. The Bertz CT molecular complexity index is 842. The molecule has 0 unspecified atom stereocenters. The lowest BCUT2D eigenvalue weighted by Gasteiger charge is -2.35. The standard InChI is InChI=1S/C18H25N7/c1-3-4-8-22-10-12-23(13-11-22)17-14-18(24-9-7-19-15(24)2)25-16(21-17)5-6-20-25/h5-7,9,14H,3-4,8,10-13H2,1-2H3. The Morgan fingerprint density at radius 3 is 2.68 bits per heavy atom. The number of aromatic nitrogens is 5. The van der Waals surface area contributed by atoms with Gasteiger partial charge in [0.25, 0.3) is 0 Å². The maximum atomic E-state index is 4.82. The largest absolute Gasteiger partial charge is 0.354 e. The van der Waals surface area contributed by atoms with Crippen molar-refractivity contribution in [1.29, 1.82) is 0 Å². The second-order valence-corrected chi connectivity index (χ2v) is 6.60. The summed E-state index contributed by atoms with van der Waals surface area (Å²) in [5.74, 6) is 2.94. The summed E-state index contributed by atoms with van der Waals surface area (Å²) in [6.45, 7) is 9.70. The fourth-order valence-corrected chi connectivity index (χ4v) is 3.42. The van der Waals surface area contributed by atoms with E-state index < -0.39 is 0 Å². The lowest BCUT2D eigenvalue weighted by molar-refractivity contribution is 0.253. The number of hydrogen-bond acceptors (Lipinski definition) is 5. The van der Waals surface area contributed by atoms with Crippen molar-refractivity contribution in [2.24, 2.45) is 0 Å². The van der Waals surface area contributed by atoms with Crippen molar-refractivity contribution < 1.29 is 0 Å². The molecule has 3 aromatic heterocycles. The second-order valence-electron chi connectivity index (χ2n) is 6.60. The highest BCUT2D eigenvalue weighted by Crippen LogP contribution is 2.21. The van der Waals surface area contributed by atoms with Crippen LogP contribution in [0, 0.1) is 6.92 Å². The van der Waals surface area contributed by atoms with Crippen LogP contribution in [0.1, 0.15) is 25.6 Å². The van der Waals surface area contributed by atoms with Gasteiger partial charge in [0.2, 0.25) is 0 Å². The summed E-state index contributed by atoms with van der Waals surface area (Å²) in [4.78, 5) is 14.1. The van der Waals surface area contributed by atoms with Gasteiger partial charge in [-0.15, -0.1) is 0 Å². The maximum Gasteiger partial charge on any atom is 0.159 e. The van der Waals surface area contributed by atoms with E-state index in [1.165, 1.54) is 19.4 Å². The van der Waals surface area contributed by atoms with Gasteiger partial charge in [0.05, 0.1) is 6.20 Å². The highest BCUT2D eigenvalue weighted by Gasteiger charge is 2.20. The van der Waals surface area contributed by atoms with Crippen LogP contribution in [0.4, 0.5) is 5.82 Å². The minimum absolute atomic E-state index is 0.869. The molecule has 1 saturated heterocycles. The SMILES string of the molecule is CCCCN1CCN(c2cc(-n3ccnc3C)n3nccc3n2)CC1. The van der Waals surface area contributed by atoms with Crippen LogP contribution in [-0.4, -0.2) is 61.8 Å². The molecule has 0 aromatic carbocycles. The van der Waals surface area contributed by atoms with Gasteiger partial charge in [-0.05, 0) is 19.9 Å². The highest BCUT2D eigenvalue weighted by atomic mass is 15.3. The predicted molar refractivity (Wildman–Crippen MR) is 98.4 cm³/mol. The van der Waals surface area contributed by atoms with Gasteiger partial charge in [0, 0.05) is 50.7 Å². The number of anilines is 1. The summed E-state index contributed by atoms with van der Waals surface area (Å²) in [6.07, 6.45) is 8.12. The fraction of sp³-hybridized carbons (Fsp3) is 0.500. The zero-order valence-corrected chi connectivity index (χ0v) is 15.0. The molecule has 7 heteroatoms. The molecule has 4 heterocycles. The van der Waals surface area contributed by atoms with Gasteiger partial charge in [-0.25, -0.2) is 9.97 Å². The third kappa shape index (κ3) is 3.11. The zero-order chi connectivity index (χ0) is 17.2. The average Bonchev–Trinajstić information content (AvgIpc) is 3.28. The average molecular weight is 339 g/mol. The van der Waals surface area contributed by atoms with E-state index in [0.29, 0.717) is 0 Å². The first-order valence-corrected chi connectivity index (χ1v) is 9.08. The molecule has 0 aliphatic carbocycles. The minimum atomic E-state index is 0.869. The zero-order valence-electron chi connectivity index (χ0n) is 15.0. The molecule has 4 rings (SSSR count). The van der Waals surface area contributed by atoms with E-state index >= 15 is 0 Å². The van der Waals surface area contributed by atoms with E-state index in [9.17, 15) is 0 Å². The maximum absolute atomic E-state index is 4.82. The molecule has 3 aromatic rings. The van der Waals surface area contributed by atoms with E-state index in [-0.39, 0.29) is 0 Å². The Labute approximate surface area is 147 Å².